The molecule has 185 valence electrons. The van der Waals surface area contributed by atoms with E-state index in [2.05, 4.69) is 114 Å². The van der Waals surface area contributed by atoms with Crippen LogP contribution in [0.25, 0.3) is 0 Å². The molecule has 3 rings (SSSR count). The summed E-state index contributed by atoms with van der Waals surface area (Å²) in [7, 11) is -1.92. The molecule has 0 nitrogen and oxygen atoms in total. The van der Waals surface area contributed by atoms with Crippen LogP contribution in [0.2, 0.25) is 35.1 Å². The van der Waals surface area contributed by atoms with Crippen LogP contribution in [0.5, 0.6) is 0 Å². The Hall–Kier alpha value is -0.672. The summed E-state index contributed by atoms with van der Waals surface area (Å²) in [6, 6.07) is 7.69. The van der Waals surface area contributed by atoms with Gasteiger partial charge in [-0.1, -0.05) is 0 Å². The van der Waals surface area contributed by atoms with Crippen LogP contribution in [-0.4, -0.2) is 17.6 Å². The molecule has 2 aliphatic carbocycles. The normalized spacial score (nSPS) is 25.5. The summed E-state index contributed by atoms with van der Waals surface area (Å²) in [5, 5.41) is 8.88. The van der Waals surface area contributed by atoms with Gasteiger partial charge in [-0.15, -0.1) is 0 Å². The van der Waals surface area contributed by atoms with Crippen molar-refractivity contribution in [2.45, 2.75) is 95.9 Å². The van der Waals surface area contributed by atoms with Crippen molar-refractivity contribution in [1.82, 2.24) is 0 Å². The molecule has 1 aromatic rings. The van der Waals surface area contributed by atoms with Gasteiger partial charge in [-0.3, -0.25) is 0 Å². The van der Waals surface area contributed by atoms with E-state index in [1.54, 1.807) is 27.1 Å². The number of hydrogen-bond acceptors (Lipinski definition) is 0. The molecule has 0 saturated heterocycles. The number of rotatable bonds is 8. The summed E-state index contributed by atoms with van der Waals surface area (Å²) in [6.45, 7) is 22.1. The average Bonchev–Trinajstić information content (AvgIpc) is 2.87. The molecular formula is C31H49Si2Ti. The molecule has 0 aromatic heterocycles. The molecule has 34 heavy (non-hydrogen) atoms. The molecule has 0 aliphatic heterocycles. The van der Waals surface area contributed by atoms with E-state index in [0.29, 0.717) is 11.0 Å². The van der Waals surface area contributed by atoms with Crippen molar-refractivity contribution < 1.29 is 17.9 Å². The van der Waals surface area contributed by atoms with Crippen molar-refractivity contribution in [3.8, 4) is 0 Å². The number of benzene rings is 1. The van der Waals surface area contributed by atoms with Gasteiger partial charge in [0.15, 0.2) is 0 Å². The molecule has 0 bridgehead atoms. The third kappa shape index (κ3) is 5.66. The van der Waals surface area contributed by atoms with E-state index in [4.69, 9.17) is 0 Å². The van der Waals surface area contributed by atoms with Gasteiger partial charge in [0.05, 0.1) is 0 Å². The monoisotopic (exact) mass is 525 g/mol. The van der Waals surface area contributed by atoms with Gasteiger partial charge in [0.1, 0.15) is 0 Å². The van der Waals surface area contributed by atoms with Crippen molar-refractivity contribution in [3.63, 3.8) is 0 Å². The Bertz CT molecular complexity index is 1050. The van der Waals surface area contributed by atoms with E-state index < -0.39 is 35.5 Å². The van der Waals surface area contributed by atoms with Crippen LogP contribution in [0.1, 0.15) is 59.4 Å². The minimum absolute atomic E-state index is 0.284. The van der Waals surface area contributed by atoms with Gasteiger partial charge < -0.3 is 0 Å². The van der Waals surface area contributed by atoms with Gasteiger partial charge in [0.2, 0.25) is 0 Å². The Morgan fingerprint density at radius 2 is 1.65 bits per heavy atom. The fraction of sp³-hybridized carbons (Fsp3) is 0.548. The topological polar surface area (TPSA) is 0 Å². The molecular weight excluding hydrogens is 476 g/mol. The molecule has 3 heteroatoms. The molecule has 0 saturated carbocycles. The van der Waals surface area contributed by atoms with Gasteiger partial charge in [-0.2, -0.15) is 0 Å². The van der Waals surface area contributed by atoms with Crippen molar-refractivity contribution in [2.75, 3.05) is 0 Å². The van der Waals surface area contributed by atoms with E-state index >= 15 is 0 Å². The maximum atomic E-state index is 2.65. The molecule has 2 aliphatic rings. The zero-order valence-electron chi connectivity index (χ0n) is 23.9. The summed E-state index contributed by atoms with van der Waals surface area (Å²) >= 11 is -1.29. The Morgan fingerprint density at radius 1 is 0.971 bits per heavy atom. The summed E-state index contributed by atoms with van der Waals surface area (Å²) < 4.78 is 1.93. The third-order valence-electron chi connectivity index (χ3n) is 8.40. The number of allylic oxidation sites excluding steroid dienone is 8. The molecule has 2 atom stereocenters. The van der Waals surface area contributed by atoms with Gasteiger partial charge in [0, 0.05) is 0 Å². The van der Waals surface area contributed by atoms with Gasteiger partial charge in [0.25, 0.3) is 0 Å². The van der Waals surface area contributed by atoms with Crippen molar-refractivity contribution in [2.24, 2.45) is 11.3 Å². The molecule has 0 spiro atoms. The second-order valence-electron chi connectivity index (χ2n) is 13.1. The first-order chi connectivity index (χ1) is 15.7. The van der Waals surface area contributed by atoms with Gasteiger partial charge in [-0.05, 0) is 0 Å². The van der Waals surface area contributed by atoms with E-state index in [-0.39, 0.29) is 5.41 Å². The summed E-state index contributed by atoms with van der Waals surface area (Å²) in [4.78, 5) is 0. The first-order valence-electron chi connectivity index (χ1n) is 13.4. The van der Waals surface area contributed by atoms with Crippen LogP contribution in [0.15, 0.2) is 63.1 Å². The van der Waals surface area contributed by atoms with Crippen molar-refractivity contribution in [1.29, 1.82) is 0 Å². The van der Waals surface area contributed by atoms with Crippen LogP contribution in [0.3, 0.4) is 0 Å². The van der Waals surface area contributed by atoms with Crippen molar-refractivity contribution in [3.05, 3.63) is 68.7 Å². The molecule has 0 N–H and O–H groups in total. The minimum atomic E-state index is -1.35. The molecule has 0 radical (unpaired) electrons. The molecule has 0 fully saturated rings. The second kappa shape index (κ2) is 10.4. The molecule has 0 amide bonds. The maximum absolute atomic E-state index is 2.65. The van der Waals surface area contributed by atoms with E-state index in [1.807, 2.05) is 3.88 Å². The molecule has 1 aromatic carbocycles. The van der Waals surface area contributed by atoms with E-state index in [9.17, 15) is 0 Å². The van der Waals surface area contributed by atoms with Crippen LogP contribution in [-0.2, 0) is 17.9 Å². The third-order valence-corrected chi connectivity index (χ3v) is 16.4. The summed E-state index contributed by atoms with van der Waals surface area (Å²) in [5.74, 6) is 0.714. The Labute approximate surface area is 220 Å². The Kier molecular flexibility index (Phi) is 8.51. The number of aryl methyl sites for hydroxylation is 1. The van der Waals surface area contributed by atoms with Gasteiger partial charge >= 0.3 is 222 Å². The van der Waals surface area contributed by atoms with E-state index in [1.165, 1.54) is 24.8 Å². The van der Waals surface area contributed by atoms with E-state index in [0.717, 1.165) is 0 Å². The second-order valence-corrected chi connectivity index (χ2v) is 24.5. The standard InChI is InChI=1S/C29H43Si2.2CH3.Ti/c1-21(2)18-28(13-11-10-12-14-28)20-29(19-23(4)24(5)25(29)6)30-26-15-22(3)16-27(17-26)31(7,8)9;;;/h10-13,15-17,21H,14,18,20,30H2,1-9H3;2*1H3;. The summed E-state index contributed by atoms with van der Waals surface area (Å²) in [5.41, 5.74) is 6.76. The fourth-order valence-electron chi connectivity index (χ4n) is 6.96. The predicted molar refractivity (Wildman–Crippen MR) is 157 cm³/mol. The Balaban J connectivity index is 2.22. The fourth-order valence-corrected chi connectivity index (χ4v) is 16.7. The van der Waals surface area contributed by atoms with Crippen molar-refractivity contribution >= 4 is 28.0 Å². The molecule has 2 unspecified atom stereocenters. The van der Waals surface area contributed by atoms with Crippen LogP contribution in [0, 0.1) is 18.3 Å². The van der Waals surface area contributed by atoms with Gasteiger partial charge in [-0.25, -0.2) is 0 Å². The zero-order valence-corrected chi connectivity index (χ0v) is 27.9. The number of hydrogen-bond donors (Lipinski definition) is 0. The summed E-state index contributed by atoms with van der Waals surface area (Å²) in [6.07, 6.45) is 13.5. The van der Waals surface area contributed by atoms with Crippen LogP contribution in [0.4, 0.5) is 0 Å². The first-order valence-corrected chi connectivity index (χ1v) is 22.2. The van der Waals surface area contributed by atoms with Crippen LogP contribution < -0.4 is 10.4 Å². The average molecular weight is 526 g/mol. The quantitative estimate of drug-likeness (QED) is 0.304. The SMILES string of the molecule is CC1=C(C)C(CC2(CC(C)C)C=CC=CC2)([SiH2]c2cc(C)cc([Si](C)(C)C)c2)[C]([Ti]([CH3])[CH3])=C1C. The zero-order chi connectivity index (χ0) is 25.5. The van der Waals surface area contributed by atoms with Crippen LogP contribution >= 0.6 is 0 Å². The Morgan fingerprint density at radius 3 is 2.18 bits per heavy atom. The molecule has 0 heterocycles. The predicted octanol–water partition coefficient (Wildman–Crippen LogP) is 7.77. The first kappa shape index (κ1) is 27.9.